The Morgan fingerprint density at radius 1 is 1.53 bits per heavy atom. The van der Waals surface area contributed by atoms with E-state index in [1.165, 1.54) is 0 Å². The summed E-state index contributed by atoms with van der Waals surface area (Å²) in [5.41, 5.74) is 2.27. The van der Waals surface area contributed by atoms with E-state index in [9.17, 15) is 0 Å². The lowest BCUT2D eigenvalue weighted by Gasteiger charge is -2.13. The molecule has 0 radical (unpaired) electrons. The molecule has 1 N–H and O–H groups in total. The zero-order valence-electron chi connectivity index (χ0n) is 10.7. The Morgan fingerprint density at radius 2 is 2.24 bits per heavy atom. The van der Waals surface area contributed by atoms with Crippen molar-refractivity contribution in [2.24, 2.45) is 0 Å². The summed E-state index contributed by atoms with van der Waals surface area (Å²) in [5, 5.41) is 3.83. The first-order valence-electron chi connectivity index (χ1n) is 5.78. The van der Waals surface area contributed by atoms with Gasteiger partial charge >= 0.3 is 0 Å². The quantitative estimate of drug-likeness (QED) is 0.775. The minimum Gasteiger partial charge on any atom is -0.492 e. The van der Waals surface area contributed by atoms with Crippen LogP contribution in [0.2, 0.25) is 5.02 Å². The maximum atomic E-state index is 6.17. The van der Waals surface area contributed by atoms with Crippen molar-refractivity contribution in [3.63, 3.8) is 0 Å². The van der Waals surface area contributed by atoms with E-state index in [-0.39, 0.29) is 6.04 Å². The molecule has 1 atom stereocenters. The predicted molar refractivity (Wildman–Crippen MR) is 73.9 cm³/mol. The second-order valence-electron chi connectivity index (χ2n) is 4.26. The molecule has 0 aliphatic heterocycles. The van der Waals surface area contributed by atoms with Gasteiger partial charge in [-0.15, -0.1) is 6.58 Å². The van der Waals surface area contributed by atoms with E-state index < -0.39 is 0 Å². The van der Waals surface area contributed by atoms with E-state index in [4.69, 9.17) is 16.3 Å². The molecule has 0 fully saturated rings. The average Bonchev–Trinajstić information content (AvgIpc) is 2.29. The molecule has 0 aromatic heterocycles. The van der Waals surface area contributed by atoms with E-state index in [0.717, 1.165) is 23.3 Å². The summed E-state index contributed by atoms with van der Waals surface area (Å²) >= 11 is 6.17. The molecule has 0 aliphatic carbocycles. The highest BCUT2D eigenvalue weighted by molar-refractivity contribution is 6.32. The van der Waals surface area contributed by atoms with E-state index >= 15 is 0 Å². The number of rotatable bonds is 6. The molecule has 94 valence electrons. The fourth-order valence-corrected chi connectivity index (χ4v) is 1.65. The van der Waals surface area contributed by atoms with Gasteiger partial charge in [0, 0.05) is 12.5 Å². The Labute approximate surface area is 109 Å². The van der Waals surface area contributed by atoms with E-state index in [1.807, 2.05) is 32.2 Å². The zero-order chi connectivity index (χ0) is 12.8. The number of benzene rings is 1. The first-order valence-corrected chi connectivity index (χ1v) is 6.16. The lowest BCUT2D eigenvalue weighted by molar-refractivity contribution is 0.322. The smallest absolute Gasteiger partial charge is 0.137 e. The van der Waals surface area contributed by atoms with Crippen LogP contribution in [0.1, 0.15) is 31.9 Å². The first-order chi connectivity index (χ1) is 8.04. The molecule has 2 nitrogen and oxygen atoms in total. The van der Waals surface area contributed by atoms with Crippen LogP contribution in [-0.4, -0.2) is 13.7 Å². The number of nitrogens with one attached hydrogen (secondary N) is 1. The monoisotopic (exact) mass is 253 g/mol. The molecule has 1 aromatic carbocycles. The summed E-state index contributed by atoms with van der Waals surface area (Å²) in [4.78, 5) is 0. The molecular weight excluding hydrogens is 234 g/mol. The molecule has 17 heavy (non-hydrogen) atoms. The highest BCUT2D eigenvalue weighted by Crippen LogP contribution is 2.28. The van der Waals surface area contributed by atoms with Crippen molar-refractivity contribution < 1.29 is 4.74 Å². The van der Waals surface area contributed by atoms with Crippen molar-refractivity contribution in [2.75, 3.05) is 13.7 Å². The number of halogens is 1. The first kappa shape index (κ1) is 14.1. The Balaban J connectivity index is 2.66. The molecule has 1 rings (SSSR count). The molecule has 0 amide bonds. The number of ether oxygens (including phenoxy) is 1. The van der Waals surface area contributed by atoms with E-state index in [2.05, 4.69) is 18.8 Å². The van der Waals surface area contributed by atoms with Crippen molar-refractivity contribution in [3.8, 4) is 5.75 Å². The molecule has 1 unspecified atom stereocenters. The molecule has 0 aliphatic rings. The maximum Gasteiger partial charge on any atom is 0.137 e. The lowest BCUT2D eigenvalue weighted by atomic mass is 10.1. The van der Waals surface area contributed by atoms with Crippen molar-refractivity contribution in [1.29, 1.82) is 0 Å². The van der Waals surface area contributed by atoms with Crippen molar-refractivity contribution in [2.45, 2.75) is 26.3 Å². The van der Waals surface area contributed by atoms with E-state index in [1.54, 1.807) is 0 Å². The summed E-state index contributed by atoms with van der Waals surface area (Å²) in [7, 11) is 1.93. The van der Waals surface area contributed by atoms with Gasteiger partial charge in [0.15, 0.2) is 0 Å². The van der Waals surface area contributed by atoms with Crippen LogP contribution < -0.4 is 10.1 Å². The lowest BCUT2D eigenvalue weighted by Crippen LogP contribution is -2.12. The fourth-order valence-electron chi connectivity index (χ4n) is 1.41. The van der Waals surface area contributed by atoms with Crippen LogP contribution in [-0.2, 0) is 0 Å². The van der Waals surface area contributed by atoms with Gasteiger partial charge in [0.25, 0.3) is 0 Å². The second kappa shape index (κ2) is 6.67. The van der Waals surface area contributed by atoms with Crippen LogP contribution in [0.25, 0.3) is 0 Å². The van der Waals surface area contributed by atoms with Crippen molar-refractivity contribution in [3.05, 3.63) is 40.9 Å². The Kier molecular flexibility index (Phi) is 5.52. The minimum atomic E-state index is 0.289. The largest absolute Gasteiger partial charge is 0.492 e. The molecular formula is C14H20ClNO. The van der Waals surface area contributed by atoms with Crippen LogP contribution in [0, 0.1) is 0 Å². The highest BCUT2D eigenvalue weighted by atomic mass is 35.5. The van der Waals surface area contributed by atoms with Crippen LogP contribution in [0.4, 0.5) is 0 Å². The SMILES string of the molecule is C=C(C)CCOc1ccc(C(C)NC)cc1Cl. The van der Waals surface area contributed by atoms with E-state index in [0.29, 0.717) is 11.6 Å². The summed E-state index contributed by atoms with van der Waals surface area (Å²) in [6.45, 7) is 8.54. The maximum absolute atomic E-state index is 6.17. The zero-order valence-corrected chi connectivity index (χ0v) is 11.5. The van der Waals surface area contributed by atoms with Gasteiger partial charge in [0.05, 0.1) is 11.6 Å². The predicted octanol–water partition coefficient (Wildman–Crippen LogP) is 3.97. The van der Waals surface area contributed by atoms with Crippen LogP contribution in [0.15, 0.2) is 30.4 Å². The molecule has 0 spiro atoms. The van der Waals surface area contributed by atoms with Gasteiger partial charge in [0.2, 0.25) is 0 Å². The summed E-state index contributed by atoms with van der Waals surface area (Å²) in [6.07, 6.45) is 0.852. The average molecular weight is 254 g/mol. The number of hydrogen-bond donors (Lipinski definition) is 1. The van der Waals surface area contributed by atoms with Crippen LogP contribution in [0.3, 0.4) is 0 Å². The van der Waals surface area contributed by atoms with Gasteiger partial charge in [-0.2, -0.15) is 0 Å². The third kappa shape index (κ3) is 4.41. The fraction of sp³-hybridized carbons (Fsp3) is 0.429. The summed E-state index contributed by atoms with van der Waals surface area (Å²) < 4.78 is 5.60. The third-order valence-corrected chi connectivity index (χ3v) is 2.97. The molecule has 0 saturated heterocycles. The molecule has 0 saturated carbocycles. The minimum absolute atomic E-state index is 0.289. The van der Waals surface area contributed by atoms with Crippen LogP contribution in [0.5, 0.6) is 5.75 Å². The second-order valence-corrected chi connectivity index (χ2v) is 4.66. The molecule has 3 heteroatoms. The standard InChI is InChI=1S/C14H20ClNO/c1-10(2)7-8-17-14-6-5-12(9-13(14)15)11(3)16-4/h5-6,9,11,16H,1,7-8H2,2-4H3. The Bertz CT molecular complexity index is 390. The summed E-state index contributed by atoms with van der Waals surface area (Å²) in [6, 6.07) is 6.18. The van der Waals surface area contributed by atoms with Gasteiger partial charge in [-0.05, 0) is 38.6 Å². The Morgan fingerprint density at radius 3 is 2.76 bits per heavy atom. The normalized spacial score (nSPS) is 12.2. The van der Waals surface area contributed by atoms with Gasteiger partial charge in [-0.3, -0.25) is 0 Å². The Hall–Kier alpha value is -0.990. The van der Waals surface area contributed by atoms with Gasteiger partial charge in [0.1, 0.15) is 5.75 Å². The third-order valence-electron chi connectivity index (χ3n) is 2.68. The van der Waals surface area contributed by atoms with Crippen molar-refractivity contribution >= 4 is 11.6 Å². The molecule has 1 aromatic rings. The van der Waals surface area contributed by atoms with Gasteiger partial charge in [-0.1, -0.05) is 23.2 Å². The van der Waals surface area contributed by atoms with Gasteiger partial charge in [-0.25, -0.2) is 0 Å². The highest BCUT2D eigenvalue weighted by Gasteiger charge is 2.07. The topological polar surface area (TPSA) is 21.3 Å². The van der Waals surface area contributed by atoms with Gasteiger partial charge < -0.3 is 10.1 Å². The summed E-state index contributed by atoms with van der Waals surface area (Å²) in [5.74, 6) is 0.736. The van der Waals surface area contributed by atoms with Crippen LogP contribution >= 0.6 is 11.6 Å². The van der Waals surface area contributed by atoms with Crippen molar-refractivity contribution in [1.82, 2.24) is 5.32 Å². The number of hydrogen-bond acceptors (Lipinski definition) is 2. The molecule has 0 bridgehead atoms. The molecule has 0 heterocycles.